The van der Waals surface area contributed by atoms with E-state index in [4.69, 9.17) is 10.6 Å². The first-order valence-electron chi connectivity index (χ1n) is 6.32. The number of amides is 1. The van der Waals surface area contributed by atoms with E-state index in [2.05, 4.69) is 19.3 Å². The van der Waals surface area contributed by atoms with Crippen LogP contribution in [0.25, 0.3) is 0 Å². The Bertz CT molecular complexity index is 352. The molecule has 1 aromatic carbocycles. The Morgan fingerprint density at radius 1 is 1.33 bits per heavy atom. The normalized spacial score (nSPS) is 12.4. The highest BCUT2D eigenvalue weighted by atomic mass is 16.5. The van der Waals surface area contributed by atoms with Gasteiger partial charge in [0.15, 0.2) is 6.10 Å². The molecule has 3 N–H and O–H groups in total. The predicted octanol–water partition coefficient (Wildman–Crippen LogP) is 2.17. The third-order valence-electron chi connectivity index (χ3n) is 2.69. The van der Waals surface area contributed by atoms with Crippen molar-refractivity contribution in [2.45, 2.75) is 32.8 Å². The number of carbonyl (C=O) groups is 1. The Kier molecular flexibility index (Phi) is 6.39. The van der Waals surface area contributed by atoms with E-state index in [1.165, 1.54) is 0 Å². The molecule has 0 fully saturated rings. The van der Waals surface area contributed by atoms with Gasteiger partial charge in [0.25, 0.3) is 5.91 Å². The summed E-state index contributed by atoms with van der Waals surface area (Å²) < 4.78 is 5.64. The Morgan fingerprint density at radius 2 is 2.00 bits per heavy atom. The first-order chi connectivity index (χ1) is 8.65. The fourth-order valence-corrected chi connectivity index (χ4v) is 1.72. The second-order valence-corrected chi connectivity index (χ2v) is 4.71. The second-order valence-electron chi connectivity index (χ2n) is 4.71. The van der Waals surface area contributed by atoms with Gasteiger partial charge in [-0.25, -0.2) is 5.84 Å². The van der Waals surface area contributed by atoms with Crippen LogP contribution in [-0.4, -0.2) is 12.5 Å². The van der Waals surface area contributed by atoms with Crippen molar-refractivity contribution in [2.24, 2.45) is 11.8 Å². The van der Waals surface area contributed by atoms with E-state index < -0.39 is 6.10 Å². The molecule has 0 aliphatic carbocycles. The molecule has 0 bridgehead atoms. The molecule has 0 saturated carbocycles. The van der Waals surface area contributed by atoms with Crippen LogP contribution in [0.5, 0.6) is 0 Å². The van der Waals surface area contributed by atoms with Crippen molar-refractivity contribution in [1.82, 2.24) is 5.43 Å². The molecule has 0 saturated heterocycles. The third kappa shape index (κ3) is 4.85. The Hall–Kier alpha value is -1.39. The summed E-state index contributed by atoms with van der Waals surface area (Å²) in [4.78, 5) is 11.7. The zero-order valence-electron chi connectivity index (χ0n) is 11.1. The standard InChI is InChI=1S/C14H22N2O2/c1-11(2)7-6-10-18-13(14(17)16-15)12-8-4-3-5-9-12/h3-5,8-9,11,13H,6-7,10,15H2,1-2H3,(H,16,17). The van der Waals surface area contributed by atoms with Crippen LogP contribution in [0, 0.1) is 5.92 Å². The van der Waals surface area contributed by atoms with E-state index in [0.717, 1.165) is 18.4 Å². The number of nitrogens with two attached hydrogens (primary N) is 1. The molecule has 1 amide bonds. The van der Waals surface area contributed by atoms with Gasteiger partial charge in [-0.15, -0.1) is 0 Å². The fraction of sp³-hybridized carbons (Fsp3) is 0.500. The van der Waals surface area contributed by atoms with Crippen molar-refractivity contribution < 1.29 is 9.53 Å². The van der Waals surface area contributed by atoms with Crippen LogP contribution in [0.1, 0.15) is 38.4 Å². The Morgan fingerprint density at radius 3 is 2.56 bits per heavy atom. The summed E-state index contributed by atoms with van der Waals surface area (Å²) in [5.41, 5.74) is 2.97. The highest BCUT2D eigenvalue weighted by Gasteiger charge is 2.19. The molecule has 1 aromatic rings. The molecule has 1 rings (SSSR count). The smallest absolute Gasteiger partial charge is 0.267 e. The van der Waals surface area contributed by atoms with Crippen LogP contribution in [-0.2, 0) is 9.53 Å². The van der Waals surface area contributed by atoms with E-state index >= 15 is 0 Å². The minimum absolute atomic E-state index is 0.314. The number of hydrogen-bond acceptors (Lipinski definition) is 3. The predicted molar refractivity (Wildman–Crippen MR) is 71.5 cm³/mol. The highest BCUT2D eigenvalue weighted by molar-refractivity contribution is 5.81. The van der Waals surface area contributed by atoms with Gasteiger partial charge < -0.3 is 4.74 Å². The van der Waals surface area contributed by atoms with E-state index in [-0.39, 0.29) is 5.91 Å². The first kappa shape index (κ1) is 14.7. The van der Waals surface area contributed by atoms with Gasteiger partial charge in [-0.1, -0.05) is 44.2 Å². The van der Waals surface area contributed by atoms with Gasteiger partial charge in [0.2, 0.25) is 0 Å². The van der Waals surface area contributed by atoms with Crippen LogP contribution in [0.4, 0.5) is 0 Å². The van der Waals surface area contributed by atoms with Gasteiger partial charge in [-0.05, 0) is 24.3 Å². The van der Waals surface area contributed by atoms with Gasteiger partial charge in [0, 0.05) is 6.61 Å². The van der Waals surface area contributed by atoms with Gasteiger partial charge in [0.1, 0.15) is 0 Å². The fourth-order valence-electron chi connectivity index (χ4n) is 1.72. The lowest BCUT2D eigenvalue weighted by Crippen LogP contribution is -2.36. The zero-order valence-corrected chi connectivity index (χ0v) is 11.1. The average molecular weight is 250 g/mol. The summed E-state index contributed by atoms with van der Waals surface area (Å²) in [6.07, 6.45) is 1.41. The van der Waals surface area contributed by atoms with Crippen molar-refractivity contribution >= 4 is 5.91 Å². The largest absolute Gasteiger partial charge is 0.364 e. The molecule has 0 aliphatic heterocycles. The molecule has 1 unspecified atom stereocenters. The molecule has 0 radical (unpaired) electrons. The lowest BCUT2D eigenvalue weighted by atomic mass is 10.1. The molecule has 0 spiro atoms. The summed E-state index contributed by atoms with van der Waals surface area (Å²) >= 11 is 0. The quantitative estimate of drug-likeness (QED) is 0.337. The van der Waals surface area contributed by atoms with E-state index in [9.17, 15) is 4.79 Å². The number of hydrazine groups is 1. The maximum atomic E-state index is 11.7. The summed E-state index contributed by atoms with van der Waals surface area (Å²) in [5.74, 6) is 5.51. The van der Waals surface area contributed by atoms with Crippen LogP contribution in [0.2, 0.25) is 0 Å². The monoisotopic (exact) mass is 250 g/mol. The SMILES string of the molecule is CC(C)CCCOC(C(=O)NN)c1ccccc1. The molecule has 18 heavy (non-hydrogen) atoms. The zero-order chi connectivity index (χ0) is 13.4. The van der Waals surface area contributed by atoms with Gasteiger partial charge >= 0.3 is 0 Å². The molecule has 0 aliphatic rings. The molecule has 1 atom stereocenters. The second kappa shape index (κ2) is 7.84. The number of hydrogen-bond donors (Lipinski definition) is 2. The number of benzene rings is 1. The Labute approximate surface area is 108 Å². The molecular formula is C14H22N2O2. The summed E-state index contributed by atoms with van der Waals surface area (Å²) in [6, 6.07) is 9.39. The number of rotatable bonds is 7. The van der Waals surface area contributed by atoms with Crippen LogP contribution < -0.4 is 11.3 Å². The van der Waals surface area contributed by atoms with Crippen LogP contribution in [0.3, 0.4) is 0 Å². The maximum Gasteiger partial charge on any atom is 0.267 e. The van der Waals surface area contributed by atoms with Crippen molar-refractivity contribution in [3.63, 3.8) is 0 Å². The van der Waals surface area contributed by atoms with Crippen LogP contribution >= 0.6 is 0 Å². The van der Waals surface area contributed by atoms with Crippen molar-refractivity contribution in [3.05, 3.63) is 35.9 Å². The topological polar surface area (TPSA) is 64.3 Å². The van der Waals surface area contributed by atoms with Gasteiger partial charge in [-0.2, -0.15) is 0 Å². The van der Waals surface area contributed by atoms with Crippen molar-refractivity contribution in [1.29, 1.82) is 0 Å². The molecule has 100 valence electrons. The van der Waals surface area contributed by atoms with E-state index in [1.807, 2.05) is 30.3 Å². The van der Waals surface area contributed by atoms with Gasteiger partial charge in [-0.3, -0.25) is 10.2 Å². The minimum atomic E-state index is -0.622. The van der Waals surface area contributed by atoms with Crippen molar-refractivity contribution in [3.8, 4) is 0 Å². The average Bonchev–Trinajstić information content (AvgIpc) is 2.38. The van der Waals surface area contributed by atoms with Crippen LogP contribution in [0.15, 0.2) is 30.3 Å². The van der Waals surface area contributed by atoms with E-state index in [0.29, 0.717) is 12.5 Å². The lowest BCUT2D eigenvalue weighted by molar-refractivity contribution is -0.133. The number of ether oxygens (including phenoxy) is 1. The first-order valence-corrected chi connectivity index (χ1v) is 6.32. The molecule has 0 aromatic heterocycles. The summed E-state index contributed by atoms with van der Waals surface area (Å²) in [5, 5.41) is 0. The lowest BCUT2D eigenvalue weighted by Gasteiger charge is -2.17. The summed E-state index contributed by atoms with van der Waals surface area (Å²) in [7, 11) is 0. The highest BCUT2D eigenvalue weighted by Crippen LogP contribution is 2.18. The van der Waals surface area contributed by atoms with Crippen molar-refractivity contribution in [2.75, 3.05) is 6.61 Å². The molecule has 4 heteroatoms. The maximum absolute atomic E-state index is 11.7. The minimum Gasteiger partial charge on any atom is -0.364 e. The Balaban J connectivity index is 2.55. The van der Waals surface area contributed by atoms with Gasteiger partial charge in [0.05, 0.1) is 0 Å². The number of carbonyl (C=O) groups excluding carboxylic acids is 1. The number of nitrogens with one attached hydrogen (secondary N) is 1. The molecule has 0 heterocycles. The summed E-state index contributed by atoms with van der Waals surface area (Å²) in [6.45, 7) is 4.90. The third-order valence-corrected chi connectivity index (χ3v) is 2.69. The molecule has 4 nitrogen and oxygen atoms in total. The van der Waals surface area contributed by atoms with E-state index in [1.54, 1.807) is 0 Å². The molecular weight excluding hydrogens is 228 g/mol.